The van der Waals surface area contributed by atoms with Crippen molar-refractivity contribution in [2.45, 2.75) is 38.6 Å². The largest absolute Gasteiger partial charge is 0.383 e. The molecule has 128 valence electrons. The summed E-state index contributed by atoms with van der Waals surface area (Å²) in [6.07, 6.45) is 2.41. The van der Waals surface area contributed by atoms with Crippen LogP contribution in [0.25, 0.3) is 0 Å². The quantitative estimate of drug-likeness (QED) is 0.599. The van der Waals surface area contributed by atoms with Crippen molar-refractivity contribution >= 4 is 11.6 Å². The molecule has 3 N–H and O–H groups in total. The van der Waals surface area contributed by atoms with Crippen LogP contribution >= 0.6 is 0 Å². The minimum absolute atomic E-state index is 0.479. The minimum Gasteiger partial charge on any atom is -0.383 e. The number of hydrogen-bond donors (Lipinski definition) is 2. The predicted octanol–water partition coefficient (Wildman–Crippen LogP) is 2.65. The highest BCUT2D eigenvalue weighted by Crippen LogP contribution is 2.19. The first-order valence-corrected chi connectivity index (χ1v) is 8.50. The average Bonchev–Trinajstić information content (AvgIpc) is 2.98. The van der Waals surface area contributed by atoms with Crippen molar-refractivity contribution in [3.63, 3.8) is 0 Å². The van der Waals surface area contributed by atoms with Gasteiger partial charge in [0.1, 0.15) is 0 Å². The molecule has 0 aromatic heterocycles. The Morgan fingerprint density at radius 1 is 1.48 bits per heavy atom. The van der Waals surface area contributed by atoms with Gasteiger partial charge in [-0.3, -0.25) is 9.89 Å². The Morgan fingerprint density at radius 2 is 2.30 bits per heavy atom. The van der Waals surface area contributed by atoms with E-state index in [1.165, 1.54) is 18.4 Å². The number of nitrogens with two attached hydrogens (primary N) is 1. The summed E-state index contributed by atoms with van der Waals surface area (Å²) < 4.78 is 5.17. The van der Waals surface area contributed by atoms with Gasteiger partial charge in [0.15, 0.2) is 5.96 Å². The van der Waals surface area contributed by atoms with Crippen LogP contribution in [-0.4, -0.2) is 50.3 Å². The second-order valence-electron chi connectivity index (χ2n) is 6.46. The Hall–Kier alpha value is -1.59. The van der Waals surface area contributed by atoms with Crippen molar-refractivity contribution in [2.75, 3.05) is 38.7 Å². The first-order chi connectivity index (χ1) is 11.1. The molecule has 1 unspecified atom stereocenters. The monoisotopic (exact) mass is 318 g/mol. The lowest BCUT2D eigenvalue weighted by molar-refractivity contribution is 0.143. The van der Waals surface area contributed by atoms with Crippen LogP contribution in [0.3, 0.4) is 0 Å². The number of guanidine groups is 1. The summed E-state index contributed by atoms with van der Waals surface area (Å²) in [4.78, 5) is 6.98. The molecule has 0 bridgehead atoms. The van der Waals surface area contributed by atoms with Crippen LogP contribution in [0.1, 0.15) is 38.2 Å². The van der Waals surface area contributed by atoms with Crippen LogP contribution in [0, 0.1) is 0 Å². The molecule has 2 rings (SSSR count). The fourth-order valence-electron chi connectivity index (χ4n) is 2.97. The van der Waals surface area contributed by atoms with Crippen molar-refractivity contribution in [3.05, 3.63) is 29.8 Å². The summed E-state index contributed by atoms with van der Waals surface area (Å²) in [5, 5.41) is 3.20. The molecule has 5 nitrogen and oxygen atoms in total. The number of nitrogens with one attached hydrogen (secondary N) is 1. The average molecular weight is 318 g/mol. The van der Waals surface area contributed by atoms with E-state index < -0.39 is 0 Å². The number of nitrogens with zero attached hydrogens (tertiary/aromatic N) is 2. The minimum atomic E-state index is 0.479. The van der Waals surface area contributed by atoms with Gasteiger partial charge in [0.2, 0.25) is 0 Å². The fraction of sp³-hybridized carbons (Fsp3) is 0.611. The first-order valence-electron chi connectivity index (χ1n) is 8.50. The number of methoxy groups -OCH3 is 1. The first kappa shape index (κ1) is 17.8. The Balaban J connectivity index is 1.88. The van der Waals surface area contributed by atoms with Crippen LogP contribution < -0.4 is 11.1 Å². The van der Waals surface area contributed by atoms with Crippen LogP contribution in [-0.2, 0) is 4.74 Å². The molecule has 1 aliphatic rings. The number of aliphatic imine (C=N–C) groups is 1. The number of benzene rings is 1. The predicted molar refractivity (Wildman–Crippen MR) is 97.1 cm³/mol. The SMILES string of the molecule is COCCN1CCCC1CN=C(N)Nc1cccc(C(C)C)c1. The van der Waals surface area contributed by atoms with Gasteiger partial charge in [-0.15, -0.1) is 0 Å². The lowest BCUT2D eigenvalue weighted by Gasteiger charge is -2.22. The zero-order valence-electron chi connectivity index (χ0n) is 14.6. The third kappa shape index (κ3) is 5.52. The molecule has 0 amide bonds. The normalized spacial score (nSPS) is 19.5. The summed E-state index contributed by atoms with van der Waals surface area (Å²) in [7, 11) is 1.75. The molecule has 1 aromatic carbocycles. The second-order valence-corrected chi connectivity index (χ2v) is 6.46. The van der Waals surface area contributed by atoms with E-state index in [1.807, 2.05) is 12.1 Å². The lowest BCUT2D eigenvalue weighted by atomic mass is 10.0. The summed E-state index contributed by atoms with van der Waals surface area (Å²) in [5.41, 5.74) is 8.35. The second kappa shape index (κ2) is 8.89. The molecular weight excluding hydrogens is 288 g/mol. The number of hydrogen-bond acceptors (Lipinski definition) is 3. The smallest absolute Gasteiger partial charge is 0.193 e. The van der Waals surface area contributed by atoms with E-state index in [4.69, 9.17) is 10.5 Å². The van der Waals surface area contributed by atoms with Gasteiger partial charge in [-0.25, -0.2) is 0 Å². The fourth-order valence-corrected chi connectivity index (χ4v) is 2.97. The molecule has 1 aliphatic heterocycles. The summed E-state index contributed by atoms with van der Waals surface area (Å²) in [5.74, 6) is 0.993. The van der Waals surface area contributed by atoms with E-state index in [0.717, 1.165) is 31.9 Å². The molecule has 0 spiro atoms. The van der Waals surface area contributed by atoms with Gasteiger partial charge in [0, 0.05) is 25.4 Å². The van der Waals surface area contributed by atoms with Gasteiger partial charge in [0.25, 0.3) is 0 Å². The van der Waals surface area contributed by atoms with Crippen molar-refractivity contribution in [3.8, 4) is 0 Å². The Morgan fingerprint density at radius 3 is 3.04 bits per heavy atom. The molecule has 0 radical (unpaired) electrons. The topological polar surface area (TPSA) is 62.9 Å². The van der Waals surface area contributed by atoms with E-state index in [9.17, 15) is 0 Å². The van der Waals surface area contributed by atoms with E-state index in [1.54, 1.807) is 7.11 Å². The van der Waals surface area contributed by atoms with Gasteiger partial charge in [-0.2, -0.15) is 0 Å². The Labute approximate surface area is 139 Å². The van der Waals surface area contributed by atoms with Gasteiger partial charge < -0.3 is 15.8 Å². The highest BCUT2D eigenvalue weighted by atomic mass is 16.5. The summed E-state index contributed by atoms with van der Waals surface area (Å²) >= 11 is 0. The number of likely N-dealkylation sites (tertiary alicyclic amines) is 1. The molecule has 1 atom stereocenters. The van der Waals surface area contributed by atoms with Crippen molar-refractivity contribution in [1.82, 2.24) is 4.90 Å². The zero-order chi connectivity index (χ0) is 16.7. The number of anilines is 1. The van der Waals surface area contributed by atoms with Crippen LogP contribution in [0.4, 0.5) is 5.69 Å². The molecule has 1 heterocycles. The third-order valence-corrected chi connectivity index (χ3v) is 4.38. The maximum absolute atomic E-state index is 6.05. The molecule has 0 aliphatic carbocycles. The Bertz CT molecular complexity index is 515. The standard InChI is InChI=1S/C18H30N4O/c1-14(2)15-6-4-7-16(12-15)21-18(19)20-13-17-8-5-9-22(17)10-11-23-3/h4,6-7,12,14,17H,5,8-11,13H2,1-3H3,(H3,19,20,21). The molecule has 1 saturated heterocycles. The van der Waals surface area contributed by atoms with Gasteiger partial charge in [0.05, 0.1) is 13.2 Å². The van der Waals surface area contributed by atoms with E-state index in [2.05, 4.69) is 41.2 Å². The maximum atomic E-state index is 6.05. The maximum Gasteiger partial charge on any atom is 0.193 e. The molecule has 1 aromatic rings. The third-order valence-electron chi connectivity index (χ3n) is 4.38. The lowest BCUT2D eigenvalue weighted by Crippen LogP contribution is -2.35. The van der Waals surface area contributed by atoms with Crippen LogP contribution in [0.15, 0.2) is 29.3 Å². The Kier molecular flexibility index (Phi) is 6.86. The zero-order valence-corrected chi connectivity index (χ0v) is 14.6. The molecule has 5 heteroatoms. The highest BCUT2D eigenvalue weighted by Gasteiger charge is 2.23. The van der Waals surface area contributed by atoms with E-state index in [-0.39, 0.29) is 0 Å². The summed E-state index contributed by atoms with van der Waals surface area (Å²) in [6.45, 7) is 7.99. The molecule has 1 fully saturated rings. The van der Waals surface area contributed by atoms with Gasteiger partial charge in [-0.1, -0.05) is 26.0 Å². The van der Waals surface area contributed by atoms with Crippen molar-refractivity contribution < 1.29 is 4.74 Å². The number of rotatable bonds is 7. The summed E-state index contributed by atoms with van der Waals surface area (Å²) in [6, 6.07) is 8.82. The van der Waals surface area contributed by atoms with E-state index >= 15 is 0 Å². The van der Waals surface area contributed by atoms with Crippen molar-refractivity contribution in [1.29, 1.82) is 0 Å². The van der Waals surface area contributed by atoms with Crippen molar-refractivity contribution in [2.24, 2.45) is 10.7 Å². The highest BCUT2D eigenvalue weighted by molar-refractivity contribution is 5.92. The molecule has 23 heavy (non-hydrogen) atoms. The van der Waals surface area contributed by atoms with E-state index in [0.29, 0.717) is 17.9 Å². The number of ether oxygens (including phenoxy) is 1. The molecule has 0 saturated carbocycles. The van der Waals surface area contributed by atoms with Gasteiger partial charge in [-0.05, 0) is 43.0 Å². The molecular formula is C18H30N4O. The van der Waals surface area contributed by atoms with Gasteiger partial charge >= 0.3 is 0 Å². The van der Waals surface area contributed by atoms with Crippen LogP contribution in [0.2, 0.25) is 0 Å². The van der Waals surface area contributed by atoms with Crippen LogP contribution in [0.5, 0.6) is 0 Å².